The number of hydrogen-bond donors (Lipinski definition) is 0. The molecule has 0 fully saturated rings. The van der Waals surface area contributed by atoms with E-state index in [4.69, 9.17) is 4.74 Å². The van der Waals surface area contributed by atoms with Gasteiger partial charge in [-0.15, -0.1) is 0 Å². The van der Waals surface area contributed by atoms with Gasteiger partial charge >= 0.3 is 0 Å². The van der Waals surface area contributed by atoms with Crippen LogP contribution in [0.15, 0.2) is 47.5 Å². The molecule has 0 amide bonds. The van der Waals surface area contributed by atoms with Crippen LogP contribution in [0.1, 0.15) is 33.1 Å². The molecule has 0 spiro atoms. The fraction of sp³-hybridized carbons (Fsp3) is 0.400. The Morgan fingerprint density at radius 3 is 2.88 bits per heavy atom. The molecule has 1 aliphatic carbocycles. The van der Waals surface area contributed by atoms with Crippen LogP contribution >= 0.6 is 0 Å². The summed E-state index contributed by atoms with van der Waals surface area (Å²) in [5, 5.41) is 0. The van der Waals surface area contributed by atoms with Gasteiger partial charge in [0, 0.05) is 17.1 Å². The Bertz CT molecular complexity index is 463. The third-order valence-corrected chi connectivity index (χ3v) is 3.38. The lowest BCUT2D eigenvalue weighted by atomic mass is 9.87. The summed E-state index contributed by atoms with van der Waals surface area (Å²) in [6.45, 7) is 11.7. The Balaban J connectivity index is 2.45. The first-order valence-corrected chi connectivity index (χ1v) is 6.02. The summed E-state index contributed by atoms with van der Waals surface area (Å²) in [4.78, 5) is 12.2. The van der Waals surface area contributed by atoms with E-state index >= 15 is 0 Å². The summed E-state index contributed by atoms with van der Waals surface area (Å²) < 4.78 is 5.81. The first-order valence-electron chi connectivity index (χ1n) is 6.02. The molecule has 1 atom stereocenters. The van der Waals surface area contributed by atoms with Crippen molar-refractivity contribution in [3.8, 4) is 0 Å². The standard InChI is InChI=1S/C15H18O2/c1-9(2)13-8-14(16)12-7-5-6-10(3)15(12)17-11(13)4/h8,10H,1,4-7H2,2-3H3. The third kappa shape index (κ3) is 2.12. The molecule has 2 aliphatic rings. The summed E-state index contributed by atoms with van der Waals surface area (Å²) in [6.07, 6.45) is 4.55. The smallest absolute Gasteiger partial charge is 0.185 e. The zero-order chi connectivity index (χ0) is 12.6. The molecule has 0 bridgehead atoms. The Morgan fingerprint density at radius 2 is 2.24 bits per heavy atom. The highest BCUT2D eigenvalue weighted by Crippen LogP contribution is 2.36. The highest BCUT2D eigenvalue weighted by molar-refractivity contribution is 6.06. The van der Waals surface area contributed by atoms with Crippen LogP contribution in [0, 0.1) is 5.92 Å². The maximum atomic E-state index is 12.2. The summed E-state index contributed by atoms with van der Waals surface area (Å²) >= 11 is 0. The molecule has 0 aromatic heterocycles. The number of allylic oxidation sites excluding steroid dienone is 4. The summed E-state index contributed by atoms with van der Waals surface area (Å²) in [6, 6.07) is 0. The zero-order valence-corrected chi connectivity index (χ0v) is 10.5. The topological polar surface area (TPSA) is 26.3 Å². The monoisotopic (exact) mass is 230 g/mol. The van der Waals surface area contributed by atoms with E-state index in [9.17, 15) is 4.79 Å². The van der Waals surface area contributed by atoms with E-state index in [2.05, 4.69) is 20.1 Å². The first-order chi connectivity index (χ1) is 8.00. The van der Waals surface area contributed by atoms with E-state index in [1.165, 1.54) is 0 Å². The normalized spacial score (nSPS) is 24.8. The second-order valence-electron chi connectivity index (χ2n) is 4.86. The average molecular weight is 230 g/mol. The molecule has 17 heavy (non-hydrogen) atoms. The molecule has 0 saturated heterocycles. The molecule has 2 heteroatoms. The van der Waals surface area contributed by atoms with Crippen LogP contribution in [0.4, 0.5) is 0 Å². The molecule has 90 valence electrons. The predicted octanol–water partition coefficient (Wildman–Crippen LogP) is 3.68. The van der Waals surface area contributed by atoms with Crippen molar-refractivity contribution < 1.29 is 9.53 Å². The minimum absolute atomic E-state index is 0.0585. The SMILES string of the molecule is C=C(C)C1=CC(=O)C2=C(OC1=C)C(C)CCC2. The van der Waals surface area contributed by atoms with Crippen LogP contribution in [0.2, 0.25) is 0 Å². The number of rotatable bonds is 1. The molecule has 0 radical (unpaired) electrons. The van der Waals surface area contributed by atoms with Crippen LogP contribution < -0.4 is 0 Å². The maximum Gasteiger partial charge on any atom is 0.185 e. The van der Waals surface area contributed by atoms with Crippen molar-refractivity contribution in [2.24, 2.45) is 5.92 Å². The van der Waals surface area contributed by atoms with Crippen LogP contribution in [-0.2, 0) is 9.53 Å². The minimum Gasteiger partial charge on any atom is -0.461 e. The van der Waals surface area contributed by atoms with Crippen molar-refractivity contribution in [2.45, 2.75) is 33.1 Å². The van der Waals surface area contributed by atoms with E-state index in [0.717, 1.165) is 41.7 Å². The predicted molar refractivity (Wildman–Crippen MR) is 68.2 cm³/mol. The van der Waals surface area contributed by atoms with Crippen molar-refractivity contribution in [1.82, 2.24) is 0 Å². The van der Waals surface area contributed by atoms with Gasteiger partial charge in [-0.3, -0.25) is 4.79 Å². The van der Waals surface area contributed by atoms with Gasteiger partial charge in [0.2, 0.25) is 0 Å². The fourth-order valence-electron chi connectivity index (χ4n) is 2.39. The molecule has 0 saturated carbocycles. The highest BCUT2D eigenvalue weighted by atomic mass is 16.5. The van der Waals surface area contributed by atoms with Gasteiger partial charge in [-0.2, -0.15) is 0 Å². The highest BCUT2D eigenvalue weighted by Gasteiger charge is 2.28. The van der Waals surface area contributed by atoms with E-state index in [1.54, 1.807) is 6.08 Å². The van der Waals surface area contributed by atoms with E-state index < -0.39 is 0 Å². The van der Waals surface area contributed by atoms with Crippen molar-refractivity contribution in [3.63, 3.8) is 0 Å². The Morgan fingerprint density at radius 1 is 1.53 bits per heavy atom. The molecule has 1 unspecified atom stereocenters. The largest absolute Gasteiger partial charge is 0.461 e. The second kappa shape index (κ2) is 4.36. The van der Waals surface area contributed by atoms with Gasteiger partial charge in [0.1, 0.15) is 11.5 Å². The van der Waals surface area contributed by atoms with Gasteiger partial charge in [-0.1, -0.05) is 20.1 Å². The van der Waals surface area contributed by atoms with Crippen LogP contribution in [0.3, 0.4) is 0 Å². The summed E-state index contributed by atoms with van der Waals surface area (Å²) in [5.74, 6) is 1.73. The van der Waals surface area contributed by atoms with E-state index in [1.807, 2.05) is 6.92 Å². The fourth-order valence-corrected chi connectivity index (χ4v) is 2.39. The molecule has 1 aliphatic heterocycles. The van der Waals surface area contributed by atoms with Gasteiger partial charge in [0.05, 0.1) is 0 Å². The zero-order valence-electron chi connectivity index (χ0n) is 10.5. The Labute approximate surface area is 102 Å². The molecular formula is C15H18O2. The molecule has 0 N–H and O–H groups in total. The number of ether oxygens (including phenoxy) is 1. The van der Waals surface area contributed by atoms with Crippen LogP contribution in [0.5, 0.6) is 0 Å². The lowest BCUT2D eigenvalue weighted by Gasteiger charge is -2.24. The Hall–Kier alpha value is -1.57. The molecule has 1 heterocycles. The van der Waals surface area contributed by atoms with Crippen molar-refractivity contribution in [1.29, 1.82) is 0 Å². The van der Waals surface area contributed by atoms with Crippen LogP contribution in [0.25, 0.3) is 0 Å². The van der Waals surface area contributed by atoms with Crippen molar-refractivity contribution >= 4 is 5.78 Å². The van der Waals surface area contributed by atoms with Gasteiger partial charge in [0.15, 0.2) is 5.78 Å². The number of carbonyl (C=O) groups excluding carboxylic acids is 1. The molecule has 2 rings (SSSR count). The number of carbonyl (C=O) groups is 1. The van der Waals surface area contributed by atoms with E-state index in [0.29, 0.717) is 11.7 Å². The second-order valence-corrected chi connectivity index (χ2v) is 4.86. The van der Waals surface area contributed by atoms with Gasteiger partial charge in [-0.05, 0) is 37.8 Å². The Kier molecular flexibility index (Phi) is 3.05. The first kappa shape index (κ1) is 11.9. The summed E-state index contributed by atoms with van der Waals surface area (Å²) in [5.41, 5.74) is 2.37. The van der Waals surface area contributed by atoms with Crippen LogP contribution in [-0.4, -0.2) is 5.78 Å². The minimum atomic E-state index is 0.0585. The quantitative estimate of drug-likeness (QED) is 0.687. The molecule has 2 nitrogen and oxygen atoms in total. The molecular weight excluding hydrogens is 212 g/mol. The number of ketones is 1. The third-order valence-electron chi connectivity index (χ3n) is 3.38. The van der Waals surface area contributed by atoms with Crippen molar-refractivity contribution in [2.75, 3.05) is 0 Å². The lowest BCUT2D eigenvalue weighted by Crippen LogP contribution is -2.14. The molecule has 0 aromatic carbocycles. The average Bonchev–Trinajstić information content (AvgIpc) is 2.39. The lowest BCUT2D eigenvalue weighted by molar-refractivity contribution is -0.111. The van der Waals surface area contributed by atoms with Gasteiger partial charge < -0.3 is 4.74 Å². The van der Waals surface area contributed by atoms with E-state index in [-0.39, 0.29) is 5.78 Å². The summed E-state index contributed by atoms with van der Waals surface area (Å²) in [7, 11) is 0. The molecule has 0 aromatic rings. The van der Waals surface area contributed by atoms with Gasteiger partial charge in [0.25, 0.3) is 0 Å². The van der Waals surface area contributed by atoms with Crippen molar-refractivity contribution in [3.05, 3.63) is 47.5 Å². The maximum absolute atomic E-state index is 12.2. The number of hydrogen-bond acceptors (Lipinski definition) is 2. The van der Waals surface area contributed by atoms with Gasteiger partial charge in [-0.25, -0.2) is 0 Å².